The number of anilines is 2. The SMILES string of the molecule is O=C1[C@H]2[C@H](C(=O)N1c1ccc(-c3cc(-c4ccc(N5C(=O)[C@H]6[C@H](C5=O)[C@H]5C=C[C@H]6C5)cc4)nc(-c4ccccc4)n3)cc1)[C@H]1C=C[C@H]2C1. The molecule has 4 amide bonds. The molecule has 8 heteroatoms. The molecule has 4 aromatic rings. The molecule has 48 heavy (non-hydrogen) atoms. The van der Waals surface area contributed by atoms with Crippen LogP contribution in [0, 0.1) is 47.3 Å². The van der Waals surface area contributed by atoms with Crippen LogP contribution in [-0.2, 0) is 19.2 Å². The van der Waals surface area contributed by atoms with Gasteiger partial charge in [0.2, 0.25) is 23.6 Å². The number of rotatable bonds is 5. The van der Waals surface area contributed by atoms with Crippen LogP contribution in [-0.4, -0.2) is 33.6 Å². The maximum absolute atomic E-state index is 13.4. The molecule has 234 valence electrons. The van der Waals surface area contributed by atoms with E-state index in [1.807, 2.05) is 84.9 Å². The number of imide groups is 2. The monoisotopic (exact) mass is 630 g/mol. The van der Waals surface area contributed by atoms with E-state index in [-0.39, 0.29) is 71.0 Å². The third-order valence-corrected chi connectivity index (χ3v) is 11.5. The lowest BCUT2D eigenvalue weighted by Crippen LogP contribution is -2.32. The first-order chi connectivity index (χ1) is 23.4. The zero-order valence-corrected chi connectivity index (χ0v) is 25.8. The minimum absolute atomic E-state index is 0.0988. The first-order valence-electron chi connectivity index (χ1n) is 16.7. The van der Waals surface area contributed by atoms with E-state index in [9.17, 15) is 19.2 Å². The highest BCUT2D eigenvalue weighted by atomic mass is 16.2. The van der Waals surface area contributed by atoms with Gasteiger partial charge in [0, 0.05) is 16.7 Å². The summed E-state index contributed by atoms with van der Waals surface area (Å²) in [6.45, 7) is 0. The lowest BCUT2D eigenvalue weighted by molar-refractivity contribution is -0.124. The van der Waals surface area contributed by atoms with E-state index < -0.39 is 0 Å². The summed E-state index contributed by atoms with van der Waals surface area (Å²) in [7, 11) is 0. The van der Waals surface area contributed by atoms with Gasteiger partial charge in [0.15, 0.2) is 5.82 Å². The fourth-order valence-corrected chi connectivity index (χ4v) is 9.34. The number of amides is 4. The third-order valence-electron chi connectivity index (χ3n) is 11.5. The molecule has 4 aliphatic carbocycles. The van der Waals surface area contributed by atoms with Crippen molar-refractivity contribution in [1.82, 2.24) is 9.97 Å². The second kappa shape index (κ2) is 10.0. The third kappa shape index (κ3) is 3.83. The molecule has 0 unspecified atom stereocenters. The fourth-order valence-electron chi connectivity index (χ4n) is 9.34. The summed E-state index contributed by atoms with van der Waals surface area (Å²) in [6, 6.07) is 26.5. The number of fused-ring (bicyclic) bond motifs is 10. The Labute approximate surface area is 276 Å². The minimum Gasteiger partial charge on any atom is -0.274 e. The van der Waals surface area contributed by atoms with Gasteiger partial charge < -0.3 is 0 Å². The van der Waals surface area contributed by atoms with Crippen LogP contribution < -0.4 is 9.80 Å². The highest BCUT2D eigenvalue weighted by Crippen LogP contribution is 2.54. The Hall–Kier alpha value is -5.50. The molecule has 0 radical (unpaired) electrons. The Morgan fingerprint density at radius 3 is 1.21 bits per heavy atom. The summed E-state index contributed by atoms with van der Waals surface area (Å²) in [5.74, 6) is -0.179. The van der Waals surface area contributed by atoms with E-state index in [2.05, 4.69) is 24.3 Å². The number of hydrogen-bond acceptors (Lipinski definition) is 6. The molecule has 2 saturated heterocycles. The second-order valence-corrected chi connectivity index (χ2v) is 13.9. The van der Waals surface area contributed by atoms with Crippen LogP contribution in [0.5, 0.6) is 0 Å². The molecule has 8 nitrogen and oxygen atoms in total. The second-order valence-electron chi connectivity index (χ2n) is 13.9. The lowest BCUT2D eigenvalue weighted by atomic mass is 9.85. The lowest BCUT2D eigenvalue weighted by Gasteiger charge is -2.18. The largest absolute Gasteiger partial charge is 0.274 e. The van der Waals surface area contributed by atoms with E-state index in [4.69, 9.17) is 9.97 Å². The zero-order valence-electron chi connectivity index (χ0n) is 25.8. The van der Waals surface area contributed by atoms with Crippen molar-refractivity contribution < 1.29 is 19.2 Å². The van der Waals surface area contributed by atoms with Gasteiger partial charge in [0.05, 0.1) is 46.4 Å². The first kappa shape index (κ1) is 27.6. The summed E-state index contributed by atoms with van der Waals surface area (Å²) in [6.07, 6.45) is 10.2. The molecule has 10 rings (SSSR count). The van der Waals surface area contributed by atoms with E-state index in [1.165, 1.54) is 9.80 Å². The Kier molecular flexibility index (Phi) is 5.75. The topological polar surface area (TPSA) is 101 Å². The molecule has 4 bridgehead atoms. The predicted octanol–water partition coefficient (Wildman–Crippen LogP) is 6.10. The van der Waals surface area contributed by atoms with E-state index in [0.717, 1.165) is 29.5 Å². The fraction of sp³-hybridized carbons (Fsp3) is 0.250. The number of benzene rings is 3. The van der Waals surface area contributed by atoms with Crippen LogP contribution in [0.25, 0.3) is 33.9 Å². The van der Waals surface area contributed by atoms with Crippen LogP contribution in [0.1, 0.15) is 12.8 Å². The molecule has 2 saturated carbocycles. The number of carbonyl (C=O) groups is 4. The molecule has 2 aliphatic heterocycles. The molecule has 6 aliphatic rings. The maximum atomic E-state index is 13.4. The number of aromatic nitrogens is 2. The molecule has 8 atom stereocenters. The Morgan fingerprint density at radius 1 is 0.458 bits per heavy atom. The van der Waals surface area contributed by atoms with Crippen molar-refractivity contribution in [2.24, 2.45) is 47.3 Å². The summed E-state index contributed by atoms with van der Waals surface area (Å²) in [5.41, 5.74) is 5.03. The Balaban J connectivity index is 0.972. The highest BCUT2D eigenvalue weighted by Gasteiger charge is 2.60. The number of carbonyl (C=O) groups excluding carboxylic acids is 4. The number of allylic oxidation sites excluding steroid dienone is 4. The summed E-state index contributed by atoms with van der Waals surface area (Å²) < 4.78 is 0. The molecule has 3 aromatic carbocycles. The molecule has 4 fully saturated rings. The molecule has 0 spiro atoms. The van der Waals surface area contributed by atoms with Crippen molar-refractivity contribution in [1.29, 1.82) is 0 Å². The van der Waals surface area contributed by atoms with Gasteiger partial charge in [-0.1, -0.05) is 78.9 Å². The van der Waals surface area contributed by atoms with Gasteiger partial charge in [0.25, 0.3) is 0 Å². The quantitative estimate of drug-likeness (QED) is 0.195. The Bertz CT molecular complexity index is 1930. The molecule has 0 N–H and O–H groups in total. The van der Waals surface area contributed by atoms with Crippen molar-refractivity contribution >= 4 is 35.0 Å². The standard InChI is InChI=1S/C40H30N4O4/c45-37-32-24-6-7-25(18-24)33(32)38(46)43(37)28-14-10-21(11-15-28)30-20-31(42-36(41-30)23-4-2-1-3-5-23)22-12-16-29(17-13-22)44-39(47)34-26-8-9-27(19-26)35(34)40(44)48/h1-17,20,24-27,32-35H,18-19H2/t24-,25-,26-,27-,32+,33+,34+,35+/m0/s1. The van der Waals surface area contributed by atoms with Gasteiger partial charge in [-0.2, -0.15) is 0 Å². The van der Waals surface area contributed by atoms with Crippen LogP contribution in [0.3, 0.4) is 0 Å². The van der Waals surface area contributed by atoms with Crippen molar-refractivity contribution in [3.63, 3.8) is 0 Å². The average Bonchev–Trinajstić information content (AvgIpc) is 3.98. The number of nitrogens with zero attached hydrogens (tertiary/aromatic N) is 4. The Morgan fingerprint density at radius 2 is 0.833 bits per heavy atom. The average molecular weight is 631 g/mol. The van der Waals surface area contributed by atoms with E-state index in [1.54, 1.807) is 0 Å². The van der Waals surface area contributed by atoms with Gasteiger partial charge in [-0.05, 0) is 66.8 Å². The van der Waals surface area contributed by atoms with Crippen molar-refractivity contribution in [2.75, 3.05) is 9.80 Å². The maximum Gasteiger partial charge on any atom is 0.238 e. The predicted molar refractivity (Wildman–Crippen MR) is 179 cm³/mol. The molecular formula is C40H30N4O4. The zero-order chi connectivity index (χ0) is 32.3. The van der Waals surface area contributed by atoms with Crippen LogP contribution in [0.4, 0.5) is 11.4 Å². The minimum atomic E-state index is -0.245. The highest BCUT2D eigenvalue weighted by molar-refractivity contribution is 6.23. The van der Waals surface area contributed by atoms with Gasteiger partial charge in [0.1, 0.15) is 0 Å². The summed E-state index contributed by atoms with van der Waals surface area (Å²) in [5, 5.41) is 0. The van der Waals surface area contributed by atoms with Crippen molar-refractivity contribution in [3.8, 4) is 33.9 Å². The van der Waals surface area contributed by atoms with Gasteiger partial charge in [-0.25, -0.2) is 9.97 Å². The van der Waals surface area contributed by atoms with Crippen molar-refractivity contribution in [3.05, 3.63) is 109 Å². The molecule has 1 aromatic heterocycles. The first-order valence-corrected chi connectivity index (χ1v) is 16.7. The van der Waals surface area contributed by atoms with Gasteiger partial charge in [-0.3, -0.25) is 29.0 Å². The summed E-state index contributed by atoms with van der Waals surface area (Å²) >= 11 is 0. The van der Waals surface area contributed by atoms with E-state index >= 15 is 0 Å². The normalized spacial score (nSPS) is 30.7. The summed E-state index contributed by atoms with van der Waals surface area (Å²) in [4.78, 5) is 66.1. The van der Waals surface area contributed by atoms with Gasteiger partial charge in [-0.15, -0.1) is 0 Å². The molecular weight excluding hydrogens is 600 g/mol. The number of hydrogen-bond donors (Lipinski definition) is 0. The van der Waals surface area contributed by atoms with Crippen LogP contribution in [0.2, 0.25) is 0 Å². The smallest absolute Gasteiger partial charge is 0.238 e. The van der Waals surface area contributed by atoms with Crippen LogP contribution >= 0.6 is 0 Å². The van der Waals surface area contributed by atoms with Crippen LogP contribution in [0.15, 0.2) is 109 Å². The van der Waals surface area contributed by atoms with E-state index in [0.29, 0.717) is 28.6 Å². The van der Waals surface area contributed by atoms with Crippen molar-refractivity contribution in [2.45, 2.75) is 12.8 Å². The molecule has 3 heterocycles. The van der Waals surface area contributed by atoms with Gasteiger partial charge >= 0.3 is 0 Å².